The van der Waals surface area contributed by atoms with Crippen molar-refractivity contribution in [3.05, 3.63) is 29.8 Å². The highest BCUT2D eigenvalue weighted by Crippen LogP contribution is 2.30. The van der Waals surface area contributed by atoms with Crippen LogP contribution in [-0.4, -0.2) is 65.8 Å². The SMILES string of the molecule is Cc1ccccc1N1CC(C)(C)N(C[C@H](NC(=O)OC(C)(C)C)[C@@H]2C[C@@H](C)C(=O)O2)CC1=O. The Morgan fingerprint density at radius 2 is 1.94 bits per heavy atom. The minimum Gasteiger partial charge on any atom is -0.460 e. The average Bonchev–Trinajstić information content (AvgIpc) is 3.01. The van der Waals surface area contributed by atoms with E-state index in [-0.39, 0.29) is 29.9 Å². The maximum atomic E-state index is 13.1. The van der Waals surface area contributed by atoms with Gasteiger partial charge in [-0.3, -0.25) is 14.5 Å². The Balaban J connectivity index is 1.78. The van der Waals surface area contributed by atoms with Crippen LogP contribution in [0.4, 0.5) is 10.5 Å². The molecule has 1 N–H and O–H groups in total. The third-order valence-corrected chi connectivity index (χ3v) is 6.26. The quantitative estimate of drug-likeness (QED) is 0.680. The molecule has 33 heavy (non-hydrogen) atoms. The summed E-state index contributed by atoms with van der Waals surface area (Å²) < 4.78 is 11.0. The number of carbonyl (C=O) groups excluding carboxylic acids is 3. The number of hydrogen-bond donors (Lipinski definition) is 1. The van der Waals surface area contributed by atoms with Crippen molar-refractivity contribution in [1.82, 2.24) is 10.2 Å². The fraction of sp³-hybridized carbons (Fsp3) is 0.640. The molecule has 0 unspecified atom stereocenters. The van der Waals surface area contributed by atoms with E-state index in [0.29, 0.717) is 19.5 Å². The van der Waals surface area contributed by atoms with Crippen LogP contribution in [0.1, 0.15) is 53.5 Å². The number of carbonyl (C=O) groups is 3. The zero-order valence-corrected chi connectivity index (χ0v) is 20.8. The van der Waals surface area contributed by atoms with Crippen LogP contribution in [-0.2, 0) is 19.1 Å². The Kier molecular flexibility index (Phi) is 7.07. The van der Waals surface area contributed by atoms with Gasteiger partial charge >= 0.3 is 12.1 Å². The van der Waals surface area contributed by atoms with Crippen molar-refractivity contribution in [1.29, 1.82) is 0 Å². The molecule has 2 aliphatic heterocycles. The van der Waals surface area contributed by atoms with Gasteiger partial charge in [0.25, 0.3) is 0 Å². The summed E-state index contributed by atoms with van der Waals surface area (Å²) in [6.07, 6.45) is -0.525. The minimum atomic E-state index is -0.650. The van der Waals surface area contributed by atoms with Crippen molar-refractivity contribution >= 4 is 23.7 Å². The maximum absolute atomic E-state index is 13.1. The fourth-order valence-electron chi connectivity index (χ4n) is 4.39. The van der Waals surface area contributed by atoms with Crippen molar-refractivity contribution in [3.63, 3.8) is 0 Å². The van der Waals surface area contributed by atoms with Crippen LogP contribution in [0.3, 0.4) is 0 Å². The van der Waals surface area contributed by atoms with Gasteiger partial charge in [-0.25, -0.2) is 4.79 Å². The fourth-order valence-corrected chi connectivity index (χ4v) is 4.39. The summed E-state index contributed by atoms with van der Waals surface area (Å²) in [6, 6.07) is 7.36. The molecule has 3 atom stereocenters. The van der Waals surface area contributed by atoms with Gasteiger partial charge in [-0.05, 0) is 59.6 Å². The van der Waals surface area contributed by atoms with Crippen LogP contribution in [0.5, 0.6) is 0 Å². The van der Waals surface area contributed by atoms with E-state index in [0.717, 1.165) is 11.3 Å². The standard InChI is InChI=1S/C25H37N3O5/c1-16-10-8-9-11-19(16)28-15-25(6,7)27(14-21(28)29)13-18(20-12-17(2)22(30)32-20)26-23(31)33-24(3,4)5/h8-11,17-18,20H,12-15H2,1-7H3,(H,26,31)/t17-,18+,20+/m1/s1. The number of benzene rings is 1. The Morgan fingerprint density at radius 3 is 2.52 bits per heavy atom. The second-order valence-corrected chi connectivity index (χ2v) is 10.8. The van der Waals surface area contributed by atoms with Crippen LogP contribution in [0.15, 0.2) is 24.3 Å². The average molecular weight is 460 g/mol. The molecular formula is C25H37N3O5. The van der Waals surface area contributed by atoms with Crippen molar-refractivity contribution < 1.29 is 23.9 Å². The molecule has 2 fully saturated rings. The number of ether oxygens (including phenoxy) is 2. The van der Waals surface area contributed by atoms with Gasteiger partial charge in [0.15, 0.2) is 0 Å². The van der Waals surface area contributed by atoms with E-state index >= 15 is 0 Å². The van der Waals surface area contributed by atoms with E-state index in [4.69, 9.17) is 9.47 Å². The first kappa shape index (κ1) is 25.0. The van der Waals surface area contributed by atoms with Gasteiger partial charge in [0.1, 0.15) is 11.7 Å². The van der Waals surface area contributed by atoms with E-state index in [9.17, 15) is 14.4 Å². The van der Waals surface area contributed by atoms with Gasteiger partial charge in [0.05, 0.1) is 18.5 Å². The van der Waals surface area contributed by atoms with Gasteiger partial charge < -0.3 is 19.7 Å². The van der Waals surface area contributed by atoms with Crippen LogP contribution in [0, 0.1) is 12.8 Å². The number of nitrogens with one attached hydrogen (secondary N) is 1. The van der Waals surface area contributed by atoms with E-state index in [1.54, 1.807) is 20.8 Å². The van der Waals surface area contributed by atoms with Gasteiger partial charge in [-0.15, -0.1) is 0 Å². The van der Waals surface area contributed by atoms with Gasteiger partial charge in [-0.1, -0.05) is 25.1 Å². The minimum absolute atomic E-state index is 0.00331. The number of anilines is 1. The molecule has 2 heterocycles. The lowest BCUT2D eigenvalue weighted by molar-refractivity contribution is -0.145. The molecule has 1 aromatic carbocycles. The molecule has 8 nitrogen and oxygen atoms in total. The predicted molar refractivity (Wildman–Crippen MR) is 126 cm³/mol. The Labute approximate surface area is 196 Å². The number of rotatable bonds is 5. The molecule has 182 valence electrons. The predicted octanol–water partition coefficient (Wildman–Crippen LogP) is 3.27. The number of para-hydroxylation sites is 1. The molecule has 2 saturated heterocycles. The van der Waals surface area contributed by atoms with Crippen molar-refractivity contribution in [2.24, 2.45) is 5.92 Å². The summed E-state index contributed by atoms with van der Waals surface area (Å²) in [6.45, 7) is 14.4. The summed E-state index contributed by atoms with van der Waals surface area (Å²) in [5.41, 5.74) is 0.949. The smallest absolute Gasteiger partial charge is 0.408 e. The molecule has 0 aliphatic carbocycles. The molecule has 0 aromatic heterocycles. The summed E-state index contributed by atoms with van der Waals surface area (Å²) in [5, 5.41) is 2.90. The lowest BCUT2D eigenvalue weighted by Gasteiger charge is -2.48. The number of aryl methyl sites for hydroxylation is 1. The third kappa shape index (κ3) is 6.05. The van der Waals surface area contributed by atoms with E-state index in [1.165, 1.54) is 0 Å². The second-order valence-electron chi connectivity index (χ2n) is 10.8. The topological polar surface area (TPSA) is 88.2 Å². The molecule has 0 radical (unpaired) electrons. The molecule has 2 aliphatic rings. The van der Waals surface area contributed by atoms with Crippen molar-refractivity contribution in [2.45, 2.75) is 78.2 Å². The maximum Gasteiger partial charge on any atom is 0.408 e. The summed E-state index contributed by atoms with van der Waals surface area (Å²) in [7, 11) is 0. The lowest BCUT2D eigenvalue weighted by atomic mass is 9.94. The number of cyclic esters (lactones) is 1. The van der Waals surface area contributed by atoms with Crippen molar-refractivity contribution in [2.75, 3.05) is 24.5 Å². The molecule has 0 saturated carbocycles. The van der Waals surface area contributed by atoms with Crippen molar-refractivity contribution in [3.8, 4) is 0 Å². The number of nitrogens with zero attached hydrogens (tertiary/aromatic N) is 2. The van der Waals surface area contributed by atoms with Gasteiger partial charge in [0.2, 0.25) is 5.91 Å². The zero-order chi connectivity index (χ0) is 24.6. The molecule has 2 amide bonds. The van der Waals surface area contributed by atoms with E-state index in [2.05, 4.69) is 24.1 Å². The number of hydrogen-bond acceptors (Lipinski definition) is 6. The summed E-state index contributed by atoms with van der Waals surface area (Å²) in [4.78, 5) is 41.7. The Morgan fingerprint density at radius 1 is 1.27 bits per heavy atom. The summed E-state index contributed by atoms with van der Waals surface area (Å²) in [5.74, 6) is -0.502. The van der Waals surface area contributed by atoms with Gasteiger partial charge in [0, 0.05) is 24.3 Å². The first-order valence-electron chi connectivity index (χ1n) is 11.6. The summed E-state index contributed by atoms with van der Waals surface area (Å²) >= 11 is 0. The van der Waals surface area contributed by atoms with Crippen LogP contribution < -0.4 is 10.2 Å². The number of amides is 2. The second kappa shape index (κ2) is 9.33. The highest BCUT2D eigenvalue weighted by Gasteiger charge is 2.44. The number of esters is 1. The molecule has 1 aromatic rings. The van der Waals surface area contributed by atoms with Crippen LogP contribution >= 0.6 is 0 Å². The normalized spacial score (nSPS) is 24.4. The first-order chi connectivity index (χ1) is 15.3. The first-order valence-corrected chi connectivity index (χ1v) is 11.6. The van der Waals surface area contributed by atoms with E-state index < -0.39 is 23.8 Å². The molecule has 8 heteroatoms. The van der Waals surface area contributed by atoms with E-state index in [1.807, 2.05) is 43.0 Å². The number of piperazine rings is 1. The molecular weight excluding hydrogens is 422 g/mol. The largest absolute Gasteiger partial charge is 0.460 e. The molecule has 0 spiro atoms. The third-order valence-electron chi connectivity index (χ3n) is 6.26. The van der Waals surface area contributed by atoms with Gasteiger partial charge in [-0.2, -0.15) is 0 Å². The Hall–Kier alpha value is -2.61. The number of alkyl carbamates (subject to hydrolysis) is 1. The Bertz CT molecular complexity index is 908. The lowest BCUT2D eigenvalue weighted by Crippen LogP contribution is -2.65. The molecule has 3 rings (SSSR count). The monoisotopic (exact) mass is 459 g/mol. The van der Waals surface area contributed by atoms with Crippen LogP contribution in [0.2, 0.25) is 0 Å². The van der Waals surface area contributed by atoms with Crippen LogP contribution in [0.25, 0.3) is 0 Å². The highest BCUT2D eigenvalue weighted by molar-refractivity contribution is 5.96. The highest BCUT2D eigenvalue weighted by atomic mass is 16.6. The molecule has 0 bridgehead atoms. The zero-order valence-electron chi connectivity index (χ0n) is 20.8.